The Morgan fingerprint density at radius 3 is 2.36 bits per heavy atom. The van der Waals surface area contributed by atoms with Gasteiger partial charge in [-0.2, -0.15) is 18.3 Å². The maximum Gasteiger partial charge on any atom is 0.416 e. The molecule has 1 aromatic carbocycles. The molecule has 1 heterocycles. The molecule has 0 radical (unpaired) electrons. The summed E-state index contributed by atoms with van der Waals surface area (Å²) in [5.74, 6) is 0.724. The lowest BCUT2D eigenvalue weighted by molar-refractivity contribution is -0.137. The molecule has 2 rings (SSSR count). The summed E-state index contributed by atoms with van der Waals surface area (Å²) in [7, 11) is 3.80. The third-order valence-electron chi connectivity index (χ3n) is 4.68. The van der Waals surface area contributed by atoms with Crippen molar-refractivity contribution in [2.24, 2.45) is 12.0 Å². The van der Waals surface area contributed by atoms with E-state index in [1.54, 1.807) is 0 Å². The molecule has 0 aliphatic heterocycles. The lowest BCUT2D eigenvalue weighted by Crippen LogP contribution is -2.38. The Bertz CT molecular complexity index is 806. The molecule has 0 aliphatic rings. The first kappa shape index (κ1) is 21.8. The number of aryl methyl sites for hydroxylation is 2. The van der Waals surface area contributed by atoms with Crippen molar-refractivity contribution in [3.63, 3.8) is 0 Å². The molecular formula is C20H28F3N5. The Morgan fingerprint density at radius 1 is 1.21 bits per heavy atom. The van der Waals surface area contributed by atoms with E-state index in [0.29, 0.717) is 19.6 Å². The molecule has 8 heteroatoms. The van der Waals surface area contributed by atoms with Gasteiger partial charge in [-0.1, -0.05) is 12.1 Å². The number of nitrogens with zero attached hydrogens (tertiary/aromatic N) is 4. The normalized spacial score (nSPS) is 12.4. The lowest BCUT2D eigenvalue weighted by Gasteiger charge is -2.22. The highest BCUT2D eigenvalue weighted by atomic mass is 19.4. The quantitative estimate of drug-likeness (QED) is 0.599. The summed E-state index contributed by atoms with van der Waals surface area (Å²) in [6.07, 6.45) is -3.53. The molecule has 0 unspecified atom stereocenters. The van der Waals surface area contributed by atoms with Crippen LogP contribution < -0.4 is 5.32 Å². The summed E-state index contributed by atoms with van der Waals surface area (Å²) >= 11 is 0. The van der Waals surface area contributed by atoms with E-state index in [1.165, 1.54) is 17.7 Å². The first-order chi connectivity index (χ1) is 13.1. The van der Waals surface area contributed by atoms with Crippen molar-refractivity contribution in [1.82, 2.24) is 20.0 Å². The second-order valence-corrected chi connectivity index (χ2v) is 6.81. The van der Waals surface area contributed by atoms with Gasteiger partial charge in [-0.3, -0.25) is 9.67 Å². The fourth-order valence-electron chi connectivity index (χ4n) is 3.07. The van der Waals surface area contributed by atoms with Crippen LogP contribution >= 0.6 is 0 Å². The third-order valence-corrected chi connectivity index (χ3v) is 4.68. The minimum atomic E-state index is -4.32. The Kier molecular flexibility index (Phi) is 7.10. The number of aliphatic imine (C=N–C) groups is 1. The molecule has 1 N–H and O–H groups in total. The van der Waals surface area contributed by atoms with Crippen LogP contribution in [0, 0.1) is 13.8 Å². The van der Waals surface area contributed by atoms with Crippen molar-refractivity contribution < 1.29 is 13.2 Å². The predicted octanol–water partition coefficient (Wildman–Crippen LogP) is 3.70. The van der Waals surface area contributed by atoms with Crippen LogP contribution in [0.2, 0.25) is 0 Å². The number of halogens is 3. The number of hydrogen-bond acceptors (Lipinski definition) is 2. The van der Waals surface area contributed by atoms with E-state index in [-0.39, 0.29) is 0 Å². The second-order valence-electron chi connectivity index (χ2n) is 6.81. The van der Waals surface area contributed by atoms with Crippen LogP contribution in [-0.4, -0.2) is 40.8 Å². The topological polar surface area (TPSA) is 45.5 Å². The molecular weight excluding hydrogens is 367 g/mol. The zero-order chi connectivity index (χ0) is 20.9. The molecule has 0 saturated carbocycles. The third kappa shape index (κ3) is 5.50. The highest BCUT2D eigenvalue weighted by Crippen LogP contribution is 2.29. The average molecular weight is 395 g/mol. The summed E-state index contributed by atoms with van der Waals surface area (Å²) in [5, 5.41) is 7.66. The zero-order valence-electron chi connectivity index (χ0n) is 17.1. The van der Waals surface area contributed by atoms with E-state index in [4.69, 9.17) is 0 Å². The van der Waals surface area contributed by atoms with Crippen LogP contribution in [0.3, 0.4) is 0 Å². The van der Waals surface area contributed by atoms with Gasteiger partial charge in [0.25, 0.3) is 0 Å². The number of rotatable bonds is 6. The number of nitrogens with one attached hydrogen (secondary N) is 1. The van der Waals surface area contributed by atoms with Gasteiger partial charge in [-0.25, -0.2) is 0 Å². The van der Waals surface area contributed by atoms with Crippen LogP contribution in [0.25, 0.3) is 0 Å². The minimum absolute atomic E-state index is 0.467. The van der Waals surface area contributed by atoms with E-state index in [0.717, 1.165) is 41.5 Å². The summed E-state index contributed by atoms with van der Waals surface area (Å²) in [6, 6.07) is 5.24. The predicted molar refractivity (Wildman–Crippen MR) is 105 cm³/mol. The molecule has 0 fully saturated rings. The van der Waals surface area contributed by atoms with Gasteiger partial charge in [0.15, 0.2) is 5.96 Å². The largest absolute Gasteiger partial charge is 0.416 e. The first-order valence-electron chi connectivity index (χ1n) is 9.28. The Labute approximate surface area is 164 Å². The average Bonchev–Trinajstić information content (AvgIpc) is 2.86. The summed E-state index contributed by atoms with van der Waals surface area (Å²) in [4.78, 5) is 6.58. The summed E-state index contributed by atoms with van der Waals surface area (Å²) in [5.41, 5.74) is 3.50. The van der Waals surface area contributed by atoms with Crippen molar-refractivity contribution in [2.45, 2.75) is 39.9 Å². The SMILES string of the molecule is CCNC(=NCCc1c(C)nn(C)c1C)N(C)Cc1ccc(C(F)(F)F)cc1. The number of guanidine groups is 1. The molecule has 0 bridgehead atoms. The molecule has 2 aromatic rings. The molecule has 0 saturated heterocycles. The van der Waals surface area contributed by atoms with E-state index in [1.807, 2.05) is 44.4 Å². The van der Waals surface area contributed by atoms with Crippen molar-refractivity contribution in [2.75, 3.05) is 20.1 Å². The van der Waals surface area contributed by atoms with E-state index in [9.17, 15) is 13.2 Å². The molecule has 154 valence electrons. The number of hydrogen-bond donors (Lipinski definition) is 1. The second kappa shape index (κ2) is 9.12. The number of aromatic nitrogens is 2. The number of alkyl halides is 3. The molecule has 0 amide bonds. The van der Waals surface area contributed by atoms with E-state index < -0.39 is 11.7 Å². The van der Waals surface area contributed by atoms with Gasteiger partial charge in [-0.05, 0) is 50.5 Å². The molecule has 5 nitrogen and oxygen atoms in total. The van der Waals surface area contributed by atoms with Crippen molar-refractivity contribution in [1.29, 1.82) is 0 Å². The van der Waals surface area contributed by atoms with Crippen LogP contribution in [0.1, 0.15) is 35.0 Å². The Balaban J connectivity index is 2.04. The van der Waals surface area contributed by atoms with Gasteiger partial charge >= 0.3 is 6.18 Å². The molecule has 28 heavy (non-hydrogen) atoms. The first-order valence-corrected chi connectivity index (χ1v) is 9.28. The van der Waals surface area contributed by atoms with Gasteiger partial charge in [0.05, 0.1) is 11.3 Å². The smallest absolute Gasteiger partial charge is 0.357 e. The van der Waals surface area contributed by atoms with Crippen molar-refractivity contribution >= 4 is 5.96 Å². The van der Waals surface area contributed by atoms with Crippen molar-refractivity contribution in [3.8, 4) is 0 Å². The maximum absolute atomic E-state index is 12.7. The van der Waals surface area contributed by atoms with Gasteiger partial charge in [0.1, 0.15) is 0 Å². The fourth-order valence-corrected chi connectivity index (χ4v) is 3.07. The minimum Gasteiger partial charge on any atom is -0.357 e. The van der Waals surface area contributed by atoms with E-state index >= 15 is 0 Å². The maximum atomic E-state index is 12.7. The van der Waals surface area contributed by atoms with Crippen LogP contribution in [0.4, 0.5) is 13.2 Å². The lowest BCUT2D eigenvalue weighted by atomic mass is 10.1. The van der Waals surface area contributed by atoms with Crippen LogP contribution in [-0.2, 0) is 26.2 Å². The van der Waals surface area contributed by atoms with Crippen molar-refractivity contribution in [3.05, 3.63) is 52.3 Å². The monoisotopic (exact) mass is 395 g/mol. The molecule has 0 spiro atoms. The molecule has 1 aromatic heterocycles. The van der Waals surface area contributed by atoms with Gasteiger partial charge in [0, 0.05) is 39.4 Å². The van der Waals surface area contributed by atoms with E-state index in [2.05, 4.69) is 15.4 Å². The fraction of sp³-hybridized carbons (Fsp3) is 0.500. The number of benzene rings is 1. The molecule has 0 aliphatic carbocycles. The highest BCUT2D eigenvalue weighted by Gasteiger charge is 2.29. The van der Waals surface area contributed by atoms with Crippen LogP contribution in [0.15, 0.2) is 29.3 Å². The summed E-state index contributed by atoms with van der Waals surface area (Å²) in [6.45, 7) is 7.80. The zero-order valence-corrected chi connectivity index (χ0v) is 17.1. The molecule has 0 atom stereocenters. The van der Waals surface area contributed by atoms with Gasteiger partial charge in [0.2, 0.25) is 0 Å². The van der Waals surface area contributed by atoms with Crippen LogP contribution in [0.5, 0.6) is 0 Å². The van der Waals surface area contributed by atoms with Gasteiger partial charge in [-0.15, -0.1) is 0 Å². The Morgan fingerprint density at radius 2 is 1.86 bits per heavy atom. The summed E-state index contributed by atoms with van der Waals surface area (Å²) < 4.78 is 40.0. The standard InChI is InChI=1S/C20H28F3N5/c1-6-24-19(25-12-11-18-14(2)26-28(5)15(18)3)27(4)13-16-7-9-17(10-8-16)20(21,22)23/h7-10H,6,11-13H2,1-5H3,(H,24,25). The highest BCUT2D eigenvalue weighted by molar-refractivity contribution is 5.79. The Hall–Kier alpha value is -2.51. The van der Waals surface area contributed by atoms with Gasteiger partial charge < -0.3 is 10.2 Å².